The summed E-state index contributed by atoms with van der Waals surface area (Å²) < 4.78 is 5.32. The minimum absolute atomic E-state index is 0.129. The second-order valence-corrected chi connectivity index (χ2v) is 5.17. The van der Waals surface area contributed by atoms with Crippen molar-refractivity contribution in [1.82, 2.24) is 5.32 Å². The molecule has 1 rings (SSSR count). The molecule has 4 heteroatoms. The normalized spacial score (nSPS) is 16.3. The monoisotopic (exact) mass is 265 g/mol. The summed E-state index contributed by atoms with van der Waals surface area (Å²) in [6.45, 7) is 7.80. The third kappa shape index (κ3) is 4.91. The van der Waals surface area contributed by atoms with Crippen LogP contribution >= 0.6 is 0 Å². The average Bonchev–Trinajstić information content (AvgIpc) is 2.78. The van der Waals surface area contributed by atoms with E-state index in [2.05, 4.69) is 5.32 Å². The number of hydrogen-bond acceptors (Lipinski definition) is 3. The predicted molar refractivity (Wildman–Crippen MR) is 75.6 cm³/mol. The Morgan fingerprint density at radius 2 is 2.26 bits per heavy atom. The third-order valence-electron chi connectivity index (χ3n) is 3.45. The molecule has 1 aromatic rings. The second-order valence-electron chi connectivity index (χ2n) is 5.17. The quantitative estimate of drug-likeness (QED) is 0.777. The Hall–Kier alpha value is -1.55. The summed E-state index contributed by atoms with van der Waals surface area (Å²) in [5, 5.41) is 12.9. The van der Waals surface area contributed by atoms with Crippen molar-refractivity contribution in [2.45, 2.75) is 39.7 Å². The molecule has 2 unspecified atom stereocenters. The number of carbonyl (C=O) groups excluding carboxylic acids is 1. The molecule has 0 radical (unpaired) electrons. The van der Waals surface area contributed by atoms with Crippen molar-refractivity contribution in [3.63, 3.8) is 0 Å². The van der Waals surface area contributed by atoms with Crippen LogP contribution in [0.3, 0.4) is 0 Å². The van der Waals surface area contributed by atoms with E-state index in [0.717, 1.165) is 12.2 Å². The van der Waals surface area contributed by atoms with E-state index in [1.165, 1.54) is 6.08 Å². The molecule has 1 aromatic heterocycles. The molecule has 2 atom stereocenters. The standard InChI is InChI=1S/C15H23NO3/c1-5-11(2)15(4,18)10-16-14(17)9-8-13-7-6-12(3)19-13/h6-9,11,18H,5,10H2,1-4H3,(H,16,17). The highest BCUT2D eigenvalue weighted by molar-refractivity contribution is 5.91. The smallest absolute Gasteiger partial charge is 0.244 e. The van der Waals surface area contributed by atoms with Gasteiger partial charge in [-0.05, 0) is 38.0 Å². The summed E-state index contributed by atoms with van der Waals surface area (Å²) in [5.41, 5.74) is -0.889. The minimum atomic E-state index is -0.889. The zero-order valence-electron chi connectivity index (χ0n) is 12.1. The Bertz CT molecular complexity index is 446. The van der Waals surface area contributed by atoms with Crippen molar-refractivity contribution in [1.29, 1.82) is 0 Å². The summed E-state index contributed by atoms with van der Waals surface area (Å²) >= 11 is 0. The summed E-state index contributed by atoms with van der Waals surface area (Å²) in [6, 6.07) is 3.64. The summed E-state index contributed by atoms with van der Waals surface area (Å²) in [6.07, 6.45) is 3.88. The number of aryl methyl sites for hydroxylation is 1. The summed E-state index contributed by atoms with van der Waals surface area (Å²) in [7, 11) is 0. The fraction of sp³-hybridized carbons (Fsp3) is 0.533. The van der Waals surface area contributed by atoms with Crippen LogP contribution in [0.15, 0.2) is 22.6 Å². The second kappa shape index (κ2) is 6.57. The van der Waals surface area contributed by atoms with Crippen molar-refractivity contribution >= 4 is 12.0 Å². The maximum atomic E-state index is 11.6. The van der Waals surface area contributed by atoms with Crippen molar-refractivity contribution < 1.29 is 14.3 Å². The van der Waals surface area contributed by atoms with Crippen molar-refractivity contribution in [3.05, 3.63) is 29.7 Å². The Kier molecular flexibility index (Phi) is 5.36. The zero-order valence-corrected chi connectivity index (χ0v) is 12.1. The van der Waals surface area contributed by atoms with Gasteiger partial charge < -0.3 is 14.8 Å². The molecular weight excluding hydrogens is 242 g/mol. The van der Waals surface area contributed by atoms with Crippen molar-refractivity contribution in [3.8, 4) is 0 Å². The number of furan rings is 1. The summed E-state index contributed by atoms with van der Waals surface area (Å²) in [5.74, 6) is 1.34. The fourth-order valence-electron chi connectivity index (χ4n) is 1.64. The number of carbonyl (C=O) groups is 1. The SMILES string of the molecule is CCC(C)C(C)(O)CNC(=O)C=Cc1ccc(C)o1. The van der Waals surface area contributed by atoms with Gasteiger partial charge in [0.25, 0.3) is 0 Å². The van der Waals surface area contributed by atoms with E-state index >= 15 is 0 Å². The van der Waals surface area contributed by atoms with Crippen LogP contribution in [0, 0.1) is 12.8 Å². The molecule has 1 amide bonds. The number of hydrogen-bond donors (Lipinski definition) is 2. The van der Waals surface area contributed by atoms with Crippen LogP contribution in [-0.2, 0) is 4.79 Å². The van der Waals surface area contributed by atoms with E-state index in [1.54, 1.807) is 19.1 Å². The van der Waals surface area contributed by atoms with Gasteiger partial charge in [-0.3, -0.25) is 4.79 Å². The highest BCUT2D eigenvalue weighted by atomic mass is 16.3. The van der Waals surface area contributed by atoms with E-state index in [1.807, 2.05) is 26.8 Å². The van der Waals surface area contributed by atoms with E-state index in [9.17, 15) is 9.90 Å². The lowest BCUT2D eigenvalue weighted by Gasteiger charge is -2.29. The average molecular weight is 265 g/mol. The zero-order chi connectivity index (χ0) is 14.5. The van der Waals surface area contributed by atoms with Gasteiger partial charge in [-0.25, -0.2) is 0 Å². The molecule has 1 heterocycles. The van der Waals surface area contributed by atoms with E-state index < -0.39 is 5.60 Å². The van der Waals surface area contributed by atoms with Crippen LogP contribution in [0.1, 0.15) is 38.7 Å². The first-order valence-electron chi connectivity index (χ1n) is 6.60. The van der Waals surface area contributed by atoms with Crippen molar-refractivity contribution in [2.75, 3.05) is 6.54 Å². The van der Waals surface area contributed by atoms with Crippen LogP contribution in [0.25, 0.3) is 6.08 Å². The Morgan fingerprint density at radius 3 is 2.79 bits per heavy atom. The van der Waals surface area contributed by atoms with E-state index in [4.69, 9.17) is 4.42 Å². The molecule has 0 aliphatic carbocycles. The number of amides is 1. The Labute approximate surface area is 114 Å². The number of nitrogens with one attached hydrogen (secondary N) is 1. The molecule has 0 aromatic carbocycles. The first-order chi connectivity index (χ1) is 8.85. The first-order valence-corrected chi connectivity index (χ1v) is 6.60. The van der Waals surface area contributed by atoms with Gasteiger partial charge >= 0.3 is 0 Å². The van der Waals surface area contributed by atoms with Gasteiger partial charge in [0.05, 0.1) is 5.60 Å². The van der Waals surface area contributed by atoms with Gasteiger partial charge in [-0.1, -0.05) is 20.3 Å². The molecule has 4 nitrogen and oxygen atoms in total. The number of aliphatic hydroxyl groups is 1. The molecule has 0 bridgehead atoms. The van der Waals surface area contributed by atoms with Crippen molar-refractivity contribution in [2.24, 2.45) is 5.92 Å². The molecule has 0 spiro atoms. The van der Waals surface area contributed by atoms with Gasteiger partial charge in [0, 0.05) is 12.6 Å². The molecule has 0 saturated carbocycles. The topological polar surface area (TPSA) is 62.5 Å². The van der Waals surface area contributed by atoms with Gasteiger partial charge in [-0.15, -0.1) is 0 Å². The lowest BCUT2D eigenvalue weighted by atomic mass is 9.89. The first kappa shape index (κ1) is 15.5. The third-order valence-corrected chi connectivity index (χ3v) is 3.45. The van der Waals surface area contributed by atoms with Gasteiger partial charge in [-0.2, -0.15) is 0 Å². The lowest BCUT2D eigenvalue weighted by Crippen LogP contribution is -2.44. The van der Waals surface area contributed by atoms with Gasteiger partial charge in [0.15, 0.2) is 0 Å². The molecule has 0 aliphatic rings. The minimum Gasteiger partial charge on any atom is -0.462 e. The fourth-order valence-corrected chi connectivity index (χ4v) is 1.64. The van der Waals surface area contributed by atoms with Crippen LogP contribution in [0.5, 0.6) is 0 Å². The van der Waals surface area contributed by atoms with Crippen LogP contribution in [0.4, 0.5) is 0 Å². The maximum absolute atomic E-state index is 11.6. The largest absolute Gasteiger partial charge is 0.462 e. The molecule has 0 fully saturated rings. The van der Waals surface area contributed by atoms with Crippen LogP contribution in [0.2, 0.25) is 0 Å². The van der Waals surface area contributed by atoms with Crippen LogP contribution < -0.4 is 5.32 Å². The highest BCUT2D eigenvalue weighted by Gasteiger charge is 2.26. The Morgan fingerprint density at radius 1 is 1.58 bits per heavy atom. The molecule has 2 N–H and O–H groups in total. The predicted octanol–water partition coefficient (Wildman–Crippen LogP) is 2.51. The molecule has 0 saturated heterocycles. The maximum Gasteiger partial charge on any atom is 0.244 e. The highest BCUT2D eigenvalue weighted by Crippen LogP contribution is 2.18. The molecule has 0 aliphatic heterocycles. The molecule has 106 valence electrons. The lowest BCUT2D eigenvalue weighted by molar-refractivity contribution is -0.118. The molecular formula is C15H23NO3. The van der Waals surface area contributed by atoms with Crippen LogP contribution in [-0.4, -0.2) is 23.2 Å². The summed E-state index contributed by atoms with van der Waals surface area (Å²) in [4.78, 5) is 11.6. The Balaban J connectivity index is 2.46. The number of rotatable bonds is 6. The van der Waals surface area contributed by atoms with Gasteiger partial charge in [0.2, 0.25) is 5.91 Å². The van der Waals surface area contributed by atoms with Gasteiger partial charge in [0.1, 0.15) is 11.5 Å². The molecule has 19 heavy (non-hydrogen) atoms. The van der Waals surface area contributed by atoms with E-state index in [-0.39, 0.29) is 18.4 Å². The van der Waals surface area contributed by atoms with E-state index in [0.29, 0.717) is 5.76 Å².